The highest BCUT2D eigenvalue weighted by molar-refractivity contribution is 7.25. The van der Waals surface area contributed by atoms with Crippen molar-refractivity contribution < 1.29 is 0 Å². The molecule has 0 radical (unpaired) electrons. The molecule has 2 nitrogen and oxygen atoms in total. The predicted octanol–water partition coefficient (Wildman–Crippen LogP) is 14.7. The van der Waals surface area contributed by atoms with Crippen molar-refractivity contribution >= 4 is 65.6 Å². The lowest BCUT2D eigenvalue weighted by Crippen LogP contribution is -2.31. The quantitative estimate of drug-likeness (QED) is 0.155. The second-order valence-electron chi connectivity index (χ2n) is 16.0. The zero-order valence-corrected chi connectivity index (χ0v) is 31.1. The first-order valence-electron chi connectivity index (χ1n) is 19.6. The van der Waals surface area contributed by atoms with Crippen LogP contribution in [0, 0.1) is 17.8 Å². The van der Waals surface area contributed by atoms with Crippen LogP contribution in [0.1, 0.15) is 37.7 Å². The van der Waals surface area contributed by atoms with Gasteiger partial charge in [-0.2, -0.15) is 0 Å². The maximum absolute atomic E-state index is 2.46. The van der Waals surface area contributed by atoms with Gasteiger partial charge in [-0.25, -0.2) is 0 Å². The maximum atomic E-state index is 2.46. The van der Waals surface area contributed by atoms with E-state index in [2.05, 4.69) is 186 Å². The van der Waals surface area contributed by atoms with Gasteiger partial charge in [0, 0.05) is 54.3 Å². The number of thiophene rings is 1. The van der Waals surface area contributed by atoms with Crippen LogP contribution in [0.3, 0.4) is 0 Å². The molecule has 0 aliphatic heterocycles. The van der Waals surface area contributed by atoms with Crippen LogP contribution < -0.4 is 9.80 Å². The smallest absolute Gasteiger partial charge is 0.0476 e. The van der Waals surface area contributed by atoms with Gasteiger partial charge in [-0.3, -0.25) is 0 Å². The molecule has 1 aromatic heterocycles. The van der Waals surface area contributed by atoms with E-state index in [0.717, 1.165) is 34.8 Å². The van der Waals surface area contributed by atoms with Gasteiger partial charge in [0.15, 0.2) is 0 Å². The molecule has 2 unspecified atom stereocenters. The molecule has 8 aromatic rings. The largest absolute Gasteiger partial charge is 0.310 e. The van der Waals surface area contributed by atoms with Crippen molar-refractivity contribution in [1.82, 2.24) is 0 Å². The summed E-state index contributed by atoms with van der Waals surface area (Å²) in [7, 11) is 0. The third-order valence-electron chi connectivity index (χ3n) is 12.9. The van der Waals surface area contributed by atoms with E-state index in [1.54, 1.807) is 5.56 Å². The Labute approximate surface area is 322 Å². The number of rotatable bonds is 8. The van der Waals surface area contributed by atoms with Gasteiger partial charge in [0.25, 0.3) is 0 Å². The number of benzene rings is 7. The van der Waals surface area contributed by atoms with Crippen molar-refractivity contribution in [3.05, 3.63) is 181 Å². The van der Waals surface area contributed by atoms with Crippen molar-refractivity contribution in [2.45, 2.75) is 37.5 Å². The van der Waals surface area contributed by atoms with Crippen LogP contribution >= 0.6 is 11.3 Å². The summed E-state index contributed by atoms with van der Waals surface area (Å²) in [5, 5.41) is 2.59. The highest BCUT2D eigenvalue weighted by Crippen LogP contribution is 2.64. The van der Waals surface area contributed by atoms with Crippen molar-refractivity contribution in [2.75, 3.05) is 9.80 Å². The fourth-order valence-corrected chi connectivity index (χ4v) is 11.8. The second kappa shape index (κ2) is 12.7. The Kier molecular flexibility index (Phi) is 7.52. The lowest BCUT2D eigenvalue weighted by atomic mass is 9.66. The Hall–Kier alpha value is -5.64. The summed E-state index contributed by atoms with van der Waals surface area (Å²) < 4.78 is 2.59. The van der Waals surface area contributed by atoms with Crippen molar-refractivity contribution in [1.29, 1.82) is 0 Å². The minimum Gasteiger partial charge on any atom is -0.310 e. The van der Waals surface area contributed by atoms with E-state index in [1.807, 2.05) is 11.3 Å². The van der Waals surface area contributed by atoms with Gasteiger partial charge in [-0.1, -0.05) is 97.1 Å². The number of anilines is 6. The Morgan fingerprint density at radius 1 is 0.407 bits per heavy atom. The molecular weight excluding hydrogens is 673 g/mol. The Morgan fingerprint density at radius 2 is 0.907 bits per heavy atom. The van der Waals surface area contributed by atoms with Crippen LogP contribution in [0.5, 0.6) is 0 Å². The van der Waals surface area contributed by atoms with Gasteiger partial charge in [-0.05, 0) is 151 Å². The van der Waals surface area contributed by atoms with E-state index in [4.69, 9.17) is 0 Å². The van der Waals surface area contributed by atoms with Crippen molar-refractivity contribution in [2.24, 2.45) is 17.8 Å². The van der Waals surface area contributed by atoms with Crippen LogP contribution in [0.2, 0.25) is 0 Å². The minimum atomic E-state index is 0.418. The zero-order chi connectivity index (χ0) is 35.6. The molecule has 4 aliphatic rings. The van der Waals surface area contributed by atoms with Gasteiger partial charge in [0.2, 0.25) is 0 Å². The van der Waals surface area contributed by atoms with E-state index in [9.17, 15) is 0 Å². The summed E-state index contributed by atoms with van der Waals surface area (Å²) in [6.45, 7) is 0. The first-order chi connectivity index (χ1) is 26.7. The molecule has 4 fully saturated rings. The van der Waals surface area contributed by atoms with Crippen LogP contribution in [-0.4, -0.2) is 0 Å². The Bertz CT molecular complexity index is 2570. The number of hydrogen-bond acceptors (Lipinski definition) is 3. The van der Waals surface area contributed by atoms with Crippen molar-refractivity contribution in [3.8, 4) is 11.1 Å². The summed E-state index contributed by atoms with van der Waals surface area (Å²) in [5.41, 5.74) is 11.5. The summed E-state index contributed by atoms with van der Waals surface area (Å²) >= 11 is 1.88. The molecule has 3 heteroatoms. The van der Waals surface area contributed by atoms with E-state index in [-0.39, 0.29) is 0 Å². The predicted molar refractivity (Wildman–Crippen MR) is 229 cm³/mol. The number of fused-ring (bicyclic) bond motifs is 3. The Balaban J connectivity index is 0.961. The average molecular weight is 715 g/mol. The van der Waals surface area contributed by atoms with Gasteiger partial charge in [0.05, 0.1) is 0 Å². The summed E-state index contributed by atoms with van der Waals surface area (Å²) in [6.07, 6.45) is 7.19. The maximum Gasteiger partial charge on any atom is 0.0476 e. The van der Waals surface area contributed by atoms with Gasteiger partial charge < -0.3 is 9.80 Å². The monoisotopic (exact) mass is 714 g/mol. The topological polar surface area (TPSA) is 6.48 Å². The molecule has 7 aromatic carbocycles. The molecule has 1 heterocycles. The summed E-state index contributed by atoms with van der Waals surface area (Å²) in [5.74, 6) is 2.90. The van der Waals surface area contributed by atoms with E-state index in [0.29, 0.717) is 5.41 Å². The molecule has 0 amide bonds. The van der Waals surface area contributed by atoms with Gasteiger partial charge >= 0.3 is 0 Å². The number of hydrogen-bond donors (Lipinski definition) is 0. The Morgan fingerprint density at radius 3 is 1.52 bits per heavy atom. The lowest BCUT2D eigenvalue weighted by Gasteiger charge is -2.39. The van der Waals surface area contributed by atoms with E-state index in [1.165, 1.54) is 80.5 Å². The number of para-hydroxylation sites is 2. The third kappa shape index (κ3) is 5.36. The first kappa shape index (κ1) is 31.8. The molecular formula is C51H42N2S. The highest BCUT2D eigenvalue weighted by atomic mass is 32.1. The standard InChI is InChI=1S/C51H42N2S/c1-4-10-36(11-5-1)37-16-20-43(21-17-37)53(42-14-8-3-9-15-42)46-24-26-47-48-30-45(25-27-49(48)54-50(47)31-46)52(41-12-6-2-7-13-41)44-22-18-40(19-23-44)51-32-35-28-38(33-51)39(29-35)34-51/h1-27,30-31,35,38-39H,28-29,32-34H2. The molecule has 0 spiro atoms. The lowest BCUT2D eigenvalue weighted by molar-refractivity contribution is 0.229. The number of nitrogens with zero attached hydrogens (tertiary/aromatic N) is 2. The molecule has 4 aliphatic carbocycles. The third-order valence-corrected chi connectivity index (χ3v) is 14.0. The fraction of sp³-hybridized carbons (Fsp3) is 0.176. The van der Waals surface area contributed by atoms with Gasteiger partial charge in [-0.15, -0.1) is 11.3 Å². The van der Waals surface area contributed by atoms with Crippen LogP contribution in [-0.2, 0) is 5.41 Å². The first-order valence-corrected chi connectivity index (χ1v) is 20.4. The molecule has 4 saturated carbocycles. The molecule has 4 bridgehead atoms. The van der Waals surface area contributed by atoms with Crippen LogP contribution in [0.4, 0.5) is 34.1 Å². The molecule has 0 N–H and O–H groups in total. The minimum absolute atomic E-state index is 0.418. The van der Waals surface area contributed by atoms with Crippen LogP contribution in [0.25, 0.3) is 31.3 Å². The normalized spacial score (nSPS) is 21.2. The van der Waals surface area contributed by atoms with Gasteiger partial charge in [0.1, 0.15) is 0 Å². The molecule has 0 saturated heterocycles. The fourth-order valence-electron chi connectivity index (χ4n) is 10.6. The van der Waals surface area contributed by atoms with Crippen molar-refractivity contribution in [3.63, 3.8) is 0 Å². The van der Waals surface area contributed by atoms with E-state index >= 15 is 0 Å². The average Bonchev–Trinajstić information content (AvgIpc) is 3.83. The second-order valence-corrected chi connectivity index (χ2v) is 17.1. The molecule has 54 heavy (non-hydrogen) atoms. The summed E-state index contributed by atoms with van der Waals surface area (Å²) in [4.78, 5) is 4.80. The molecule has 262 valence electrons. The highest BCUT2D eigenvalue weighted by Gasteiger charge is 2.56. The molecule has 2 atom stereocenters. The SMILES string of the molecule is c1ccc(-c2ccc(N(c3ccccc3)c3ccc4c(c3)sc3ccc(N(c5ccccc5)c5ccc(C67CC8CC(C6)C(C8)C7)cc5)cc34)cc2)cc1. The van der Waals surface area contributed by atoms with E-state index < -0.39 is 0 Å². The molecule has 12 rings (SSSR count). The zero-order valence-electron chi connectivity index (χ0n) is 30.3. The summed E-state index contributed by atoms with van der Waals surface area (Å²) in [6, 6.07) is 64.8. The van der Waals surface area contributed by atoms with Crippen LogP contribution in [0.15, 0.2) is 176 Å².